The molecule has 11 amide bonds. The third-order valence-electron chi connectivity index (χ3n) is 25.4. The van der Waals surface area contributed by atoms with Crippen molar-refractivity contribution < 1.29 is 120 Å². The number of urea groups is 4. The predicted octanol–water partition coefficient (Wildman–Crippen LogP) is 10.5. The van der Waals surface area contributed by atoms with Crippen LogP contribution in [-0.4, -0.2) is 309 Å². The fraction of sp³-hybridized carbons (Fsp3) is 0.731. The number of esters is 2. The van der Waals surface area contributed by atoms with Crippen LogP contribution < -0.4 is 64.2 Å². The highest BCUT2D eigenvalue weighted by Crippen LogP contribution is 2.38. The average Bonchev–Trinajstić information content (AvgIpc) is 1.68. The maximum atomic E-state index is 13.4. The maximum Gasteiger partial charge on any atom is 0.335 e. The van der Waals surface area contributed by atoms with Crippen LogP contribution in [0.4, 0.5) is 19.2 Å². The summed E-state index contributed by atoms with van der Waals surface area (Å²) in [5, 5.41) is 43.6. The topological polar surface area (TPSA) is 526 Å². The van der Waals surface area contributed by atoms with Crippen molar-refractivity contribution in [2.24, 2.45) is 5.73 Å². The van der Waals surface area contributed by atoms with Gasteiger partial charge in [0, 0.05) is 166 Å². The molecular weight excluding hydrogens is 1950 g/mol. The lowest BCUT2D eigenvalue weighted by molar-refractivity contribution is -0.157. The smallest absolute Gasteiger partial charge is 0.335 e. The molecule has 0 aromatic heterocycles. The van der Waals surface area contributed by atoms with Crippen LogP contribution in [0.3, 0.4) is 0 Å². The first-order valence-corrected chi connectivity index (χ1v) is 56.6. The number of amides is 11. The number of carbonyl (C=O) groups is 16. The number of aromatic carboxylic acids is 1. The summed E-state index contributed by atoms with van der Waals surface area (Å²) >= 11 is 7.49. The molecule has 2 aromatic rings. The van der Waals surface area contributed by atoms with Crippen LogP contribution in [0.15, 0.2) is 36.4 Å². The van der Waals surface area contributed by atoms with Gasteiger partial charge in [-0.3, -0.25) is 52.7 Å². The van der Waals surface area contributed by atoms with Crippen molar-refractivity contribution in [3.63, 3.8) is 0 Å². The summed E-state index contributed by atoms with van der Waals surface area (Å²) in [5.74, 6) is 1.92. The number of unbranched alkanes of at least 4 members (excludes halogenated alkanes) is 8. The average molecular weight is 2110 g/mol. The molecule has 0 spiro atoms. The number of thioether (sulfide) groups is 4. The molecule has 8 fully saturated rings. The lowest BCUT2D eigenvalue weighted by Gasteiger charge is -2.19. The SMILES string of the molecule is CC(C)(C)OC(=O)CCOCCOCCOCCN.CC(C)(C)OC(=O)CCOCCOCCOCCNC(=O)c1cc(CC(=O)CCCCCC(=O)CCCCC2SCC3NC(=O)NC32)cc(CC(=O)CCCNC(=O)CCCCC2SCC3NC(=O)NC32)c1.O=C(CCCCCC(=O)Cc1cc(CC(=O)CCCNC(=O)CCCCC2SCC3NC(=O)NC32)cc(C(=O)O)c1)CCCCC1SCC2NC(=O)NC21. The van der Waals surface area contributed by atoms with E-state index in [1.54, 1.807) is 18.2 Å². The number of carboxylic acid groups (broad SMARTS) is 1. The van der Waals surface area contributed by atoms with Crippen molar-refractivity contribution in [2.75, 3.05) is 128 Å². The number of carboxylic acids is 1. The van der Waals surface area contributed by atoms with E-state index in [0.29, 0.717) is 212 Å². The van der Waals surface area contributed by atoms with Crippen molar-refractivity contribution in [1.82, 2.24) is 58.5 Å². The van der Waals surface area contributed by atoms with E-state index in [9.17, 15) is 81.8 Å². The Hall–Kier alpha value is -8.52. The third kappa shape index (κ3) is 50.6. The van der Waals surface area contributed by atoms with E-state index < -0.39 is 17.2 Å². The summed E-state index contributed by atoms with van der Waals surface area (Å²) < 4.78 is 42.6. The van der Waals surface area contributed by atoms with Crippen molar-refractivity contribution in [2.45, 2.75) is 353 Å². The quantitative estimate of drug-likeness (QED) is 0.0166. The van der Waals surface area contributed by atoms with Gasteiger partial charge in [0.15, 0.2) is 0 Å². The highest BCUT2D eigenvalue weighted by molar-refractivity contribution is 8.01. The minimum absolute atomic E-state index is 0.0109. The molecule has 0 bridgehead atoms. The molecule has 0 radical (unpaired) electrons. The van der Waals surface area contributed by atoms with E-state index in [1.165, 1.54) is 12.1 Å². The molecule has 0 aliphatic carbocycles. The molecule has 14 N–H and O–H groups in total. The molecule has 12 unspecified atom stereocenters. The Labute approximate surface area is 871 Å². The Bertz CT molecular complexity index is 4470. The highest BCUT2D eigenvalue weighted by atomic mass is 32.2. The van der Waals surface area contributed by atoms with Gasteiger partial charge in [0.2, 0.25) is 11.8 Å². The molecule has 2 aromatic carbocycles. The first-order valence-electron chi connectivity index (χ1n) is 52.4. The second-order valence-electron chi connectivity index (χ2n) is 40.2. The minimum atomic E-state index is -1.12. The number of hydrogen-bond donors (Lipinski definition) is 13. The summed E-state index contributed by atoms with van der Waals surface area (Å²) in [6.07, 6.45) is 20.9. The lowest BCUT2D eigenvalue weighted by atomic mass is 9.96. The number of nitrogens with two attached hydrogens (primary N) is 1. The van der Waals surface area contributed by atoms with Gasteiger partial charge in [-0.25, -0.2) is 24.0 Å². The summed E-state index contributed by atoms with van der Waals surface area (Å²) in [6, 6.07) is 11.0. The van der Waals surface area contributed by atoms with Gasteiger partial charge in [0.25, 0.3) is 5.91 Å². The number of nitrogens with one attached hydrogen (secondary N) is 11. The monoisotopic (exact) mass is 2110 g/mol. The lowest BCUT2D eigenvalue weighted by Crippen LogP contribution is -2.36. The molecule has 145 heavy (non-hydrogen) atoms. The molecule has 812 valence electrons. The van der Waals surface area contributed by atoms with E-state index in [2.05, 4.69) is 58.5 Å². The molecule has 0 saturated carbocycles. The predicted molar refractivity (Wildman–Crippen MR) is 558 cm³/mol. The number of rotatable bonds is 73. The molecule has 8 aliphatic heterocycles. The molecule has 8 saturated heterocycles. The van der Waals surface area contributed by atoms with Crippen LogP contribution in [0.1, 0.15) is 290 Å². The van der Waals surface area contributed by atoms with E-state index in [0.717, 1.165) is 126 Å². The zero-order valence-electron chi connectivity index (χ0n) is 85.9. The van der Waals surface area contributed by atoms with Crippen LogP contribution in [-0.2, 0) is 112 Å². The summed E-state index contributed by atoms with van der Waals surface area (Å²) in [7, 11) is 0. The number of fused-ring (bicyclic) bond motifs is 4. The van der Waals surface area contributed by atoms with E-state index in [4.69, 9.17) is 43.6 Å². The number of hydrogen-bond acceptors (Lipinski definition) is 29. The van der Waals surface area contributed by atoms with Gasteiger partial charge in [-0.05, 0) is 178 Å². The second kappa shape index (κ2) is 67.5. The molecule has 8 heterocycles. The van der Waals surface area contributed by atoms with Gasteiger partial charge >= 0.3 is 42.0 Å². The number of benzene rings is 2. The normalized spacial score (nSPS) is 20.8. The molecule has 41 heteroatoms. The molecule has 12 atom stereocenters. The van der Waals surface area contributed by atoms with Crippen LogP contribution in [0.25, 0.3) is 0 Å². The highest BCUT2D eigenvalue weighted by Gasteiger charge is 2.46. The maximum absolute atomic E-state index is 13.4. The van der Waals surface area contributed by atoms with Gasteiger partial charge in [0.05, 0.1) is 146 Å². The first kappa shape index (κ1) is 122. The van der Waals surface area contributed by atoms with Crippen molar-refractivity contribution in [3.05, 3.63) is 69.8 Å². The fourth-order valence-corrected chi connectivity index (χ4v) is 24.5. The molecule has 8 aliphatic rings. The summed E-state index contributed by atoms with van der Waals surface area (Å²) in [6.45, 7) is 17.2. The number of ketones is 6. The Kier molecular flexibility index (Phi) is 56.7. The van der Waals surface area contributed by atoms with Crippen LogP contribution >= 0.6 is 47.0 Å². The van der Waals surface area contributed by atoms with Crippen LogP contribution in [0.5, 0.6) is 0 Å². The Balaban J connectivity index is 0.000000308. The molecular formula is C104H162N12O25S4. The van der Waals surface area contributed by atoms with Gasteiger partial charge in [-0.15, -0.1) is 0 Å². The first-order chi connectivity index (χ1) is 69.6. The van der Waals surface area contributed by atoms with Crippen molar-refractivity contribution in [3.8, 4) is 0 Å². The molecule has 37 nitrogen and oxygen atoms in total. The van der Waals surface area contributed by atoms with Gasteiger partial charge < -0.3 is 107 Å². The number of carbonyl (C=O) groups excluding carboxylic acids is 15. The minimum Gasteiger partial charge on any atom is -0.478 e. The van der Waals surface area contributed by atoms with Crippen LogP contribution in [0.2, 0.25) is 0 Å². The Morgan fingerprint density at radius 3 is 0.903 bits per heavy atom. The van der Waals surface area contributed by atoms with Gasteiger partial charge in [0.1, 0.15) is 45.9 Å². The summed E-state index contributed by atoms with van der Waals surface area (Å²) in [4.78, 5) is 196. The fourth-order valence-electron chi connectivity index (χ4n) is 18.3. The van der Waals surface area contributed by atoms with E-state index >= 15 is 0 Å². The van der Waals surface area contributed by atoms with E-state index in [1.807, 2.05) is 94.7 Å². The second-order valence-corrected chi connectivity index (χ2v) is 45.3. The largest absolute Gasteiger partial charge is 0.478 e. The Morgan fingerprint density at radius 2 is 0.593 bits per heavy atom. The van der Waals surface area contributed by atoms with Crippen LogP contribution in [0, 0.1) is 0 Å². The molecule has 10 rings (SSSR count). The van der Waals surface area contributed by atoms with E-state index in [-0.39, 0.29) is 214 Å². The zero-order valence-corrected chi connectivity index (χ0v) is 89.2. The Morgan fingerprint density at radius 1 is 0.317 bits per heavy atom. The number of ether oxygens (including phenoxy) is 8. The van der Waals surface area contributed by atoms with Gasteiger partial charge in [-0.2, -0.15) is 47.0 Å². The third-order valence-corrected chi connectivity index (χ3v) is 31.4. The van der Waals surface area contributed by atoms with Crippen molar-refractivity contribution >= 4 is 142 Å². The van der Waals surface area contributed by atoms with Crippen molar-refractivity contribution in [1.29, 1.82) is 0 Å². The van der Waals surface area contributed by atoms with Gasteiger partial charge in [-0.1, -0.05) is 50.7 Å². The standard InChI is InChI=1S/C52H80N6O12S2.C39H55N5O8S2.C13H27NO5/c1-52(2,3)70-46(63)19-22-67-24-26-69-27-25-68-23-21-54-49(64)37-29-35(31-39(60)14-6-4-5-12-38(59)13-7-8-16-43-47-41(33-71-43)55-50(65)57-47)28-36(30-37)32-40(61)15-11-20-53-45(62)18-10-9-17-44-48-42(34-72-44)56-51(66)58-48;45-27(10-4-5-13-32-35-30(22-53-32)41-38(51)43-35)9-2-1-3-11-28(46)20-24-17-25(19-26(18-24)37(49)50)21-29(47)12-8-16-40-34(48)15-7-6-14-33-36-31(23-54-33)42-39(52)44-36;1-13(2,3)19-12(15)4-6-16-8-10-18-11-9-17-7-5-14/h28-30,41-44,47-48H,4-27,31-34H2,1-3H3,(H,53,62)(H,54,64)(H2,55,57,65)(H2,56,58,66);17-19,30-33,35-36H,1-16,20-23H2,(H,40,48)(H,49,50)(H2,41,43,51)(H2,42,44,52);4-11,14H2,1-3H3. The summed E-state index contributed by atoms with van der Waals surface area (Å²) in [5.41, 5.74) is 7.07. The number of Topliss-reactive ketones (excluding diaryl/α,β-unsaturated/α-hetero) is 6. The zero-order chi connectivity index (χ0) is 105.